The molecule has 2 atom stereocenters. The molecule has 2 rings (SSSR count). The number of nitrogens with one attached hydrogen (secondary N) is 1. The summed E-state index contributed by atoms with van der Waals surface area (Å²) in [6, 6.07) is 11.3. The van der Waals surface area contributed by atoms with Crippen molar-refractivity contribution in [3.63, 3.8) is 0 Å². The van der Waals surface area contributed by atoms with Crippen molar-refractivity contribution < 1.29 is 9.53 Å². The van der Waals surface area contributed by atoms with Gasteiger partial charge in [0, 0.05) is 5.02 Å². The Labute approximate surface area is 155 Å². The van der Waals surface area contributed by atoms with Crippen molar-refractivity contribution >= 4 is 17.5 Å². The summed E-state index contributed by atoms with van der Waals surface area (Å²) >= 11 is 5.98. The highest BCUT2D eigenvalue weighted by Gasteiger charge is 2.21. The number of halogens is 1. The zero-order valence-corrected chi connectivity index (χ0v) is 16.3. The maximum absolute atomic E-state index is 12.6. The van der Waals surface area contributed by atoms with Gasteiger partial charge in [-0.15, -0.1) is 0 Å². The van der Waals surface area contributed by atoms with Gasteiger partial charge in [0.2, 0.25) is 0 Å². The Bertz CT molecular complexity index is 758. The molecule has 0 saturated heterocycles. The Hall–Kier alpha value is -2.00. The molecule has 0 aliphatic heterocycles. The molecule has 0 aliphatic carbocycles. The first-order valence-electron chi connectivity index (χ1n) is 8.62. The van der Waals surface area contributed by atoms with Gasteiger partial charge in [-0.2, -0.15) is 0 Å². The minimum atomic E-state index is -0.548. The molecular weight excluding hydrogens is 334 g/mol. The minimum Gasteiger partial charge on any atom is -0.481 e. The Balaban J connectivity index is 2.09. The first-order valence-corrected chi connectivity index (χ1v) is 9.00. The molecule has 2 aromatic carbocycles. The molecule has 3 nitrogen and oxygen atoms in total. The number of aryl methyl sites for hydroxylation is 3. The van der Waals surface area contributed by atoms with Crippen LogP contribution in [0, 0.1) is 20.8 Å². The summed E-state index contributed by atoms with van der Waals surface area (Å²) in [6.07, 6.45) is 0.0320. The second kappa shape index (κ2) is 8.39. The number of ether oxygens (including phenoxy) is 1. The van der Waals surface area contributed by atoms with E-state index in [2.05, 4.69) is 38.2 Å². The Morgan fingerprint density at radius 3 is 2.44 bits per heavy atom. The van der Waals surface area contributed by atoms with Crippen LogP contribution in [0.25, 0.3) is 0 Å². The smallest absolute Gasteiger partial charge is 0.261 e. The molecule has 4 heteroatoms. The average Bonchev–Trinajstić information content (AvgIpc) is 2.55. The molecule has 2 aromatic rings. The van der Waals surface area contributed by atoms with Crippen LogP contribution in [0.2, 0.25) is 5.02 Å². The second-order valence-electron chi connectivity index (χ2n) is 6.50. The van der Waals surface area contributed by atoms with E-state index in [4.69, 9.17) is 16.3 Å². The molecule has 0 aliphatic rings. The lowest BCUT2D eigenvalue weighted by Crippen LogP contribution is -2.39. The highest BCUT2D eigenvalue weighted by atomic mass is 35.5. The van der Waals surface area contributed by atoms with E-state index in [1.165, 1.54) is 16.7 Å². The third-order valence-electron chi connectivity index (χ3n) is 4.45. The lowest BCUT2D eigenvalue weighted by Gasteiger charge is -2.22. The van der Waals surface area contributed by atoms with Crippen molar-refractivity contribution in [2.75, 3.05) is 0 Å². The van der Waals surface area contributed by atoms with Crippen LogP contribution in [0.5, 0.6) is 5.75 Å². The van der Waals surface area contributed by atoms with Crippen LogP contribution in [-0.4, -0.2) is 12.0 Å². The monoisotopic (exact) mass is 359 g/mol. The highest BCUT2D eigenvalue weighted by molar-refractivity contribution is 6.30. The van der Waals surface area contributed by atoms with Crippen molar-refractivity contribution in [2.45, 2.75) is 53.2 Å². The van der Waals surface area contributed by atoms with Crippen LogP contribution < -0.4 is 10.1 Å². The zero-order valence-electron chi connectivity index (χ0n) is 15.5. The number of rotatable bonds is 6. The fourth-order valence-electron chi connectivity index (χ4n) is 2.86. The maximum atomic E-state index is 12.6. The van der Waals surface area contributed by atoms with Crippen LogP contribution in [0.15, 0.2) is 36.4 Å². The van der Waals surface area contributed by atoms with E-state index < -0.39 is 6.10 Å². The SMILES string of the molecule is CC[C@H](Oc1cccc(Cl)c1)C(=O)N[C@H](C)c1cc(C)c(C)cc1C. The molecule has 25 heavy (non-hydrogen) atoms. The largest absolute Gasteiger partial charge is 0.481 e. The van der Waals surface area contributed by atoms with Crippen LogP contribution in [0.3, 0.4) is 0 Å². The number of hydrogen-bond acceptors (Lipinski definition) is 2. The molecule has 1 N–H and O–H groups in total. The fourth-order valence-corrected chi connectivity index (χ4v) is 3.04. The van der Waals surface area contributed by atoms with Gasteiger partial charge in [0.05, 0.1) is 6.04 Å². The van der Waals surface area contributed by atoms with Gasteiger partial charge in [-0.1, -0.05) is 36.7 Å². The van der Waals surface area contributed by atoms with E-state index in [1.54, 1.807) is 18.2 Å². The summed E-state index contributed by atoms with van der Waals surface area (Å²) in [5.74, 6) is 0.483. The van der Waals surface area contributed by atoms with E-state index in [1.807, 2.05) is 19.9 Å². The van der Waals surface area contributed by atoms with E-state index >= 15 is 0 Å². The van der Waals surface area contributed by atoms with Crippen LogP contribution in [0.4, 0.5) is 0 Å². The molecule has 0 spiro atoms. The van der Waals surface area contributed by atoms with Gasteiger partial charge < -0.3 is 10.1 Å². The number of benzene rings is 2. The molecule has 0 radical (unpaired) electrons. The standard InChI is InChI=1S/C21H26ClNO2/c1-6-20(25-18-9-7-8-17(22)12-18)21(24)23-16(5)19-11-14(3)13(2)10-15(19)4/h7-12,16,20H,6H2,1-5H3,(H,23,24)/t16-,20+/m1/s1. The molecule has 0 aromatic heterocycles. The third kappa shape index (κ3) is 4.99. The normalized spacial score (nSPS) is 13.2. The summed E-state index contributed by atoms with van der Waals surface area (Å²) in [5, 5.41) is 3.66. The predicted molar refractivity (Wildman–Crippen MR) is 103 cm³/mol. The van der Waals surface area contributed by atoms with Gasteiger partial charge >= 0.3 is 0 Å². The Morgan fingerprint density at radius 1 is 1.12 bits per heavy atom. The number of carbonyl (C=O) groups is 1. The average molecular weight is 360 g/mol. The van der Waals surface area contributed by atoms with Crippen molar-refractivity contribution in [1.82, 2.24) is 5.32 Å². The van der Waals surface area contributed by atoms with Crippen LogP contribution in [-0.2, 0) is 4.79 Å². The topological polar surface area (TPSA) is 38.3 Å². The molecule has 0 fully saturated rings. The summed E-state index contributed by atoms with van der Waals surface area (Å²) in [6.45, 7) is 10.2. The summed E-state index contributed by atoms with van der Waals surface area (Å²) in [4.78, 5) is 12.6. The van der Waals surface area contributed by atoms with E-state index in [9.17, 15) is 4.79 Å². The van der Waals surface area contributed by atoms with Crippen LogP contribution >= 0.6 is 11.6 Å². The first kappa shape index (κ1) is 19.3. The maximum Gasteiger partial charge on any atom is 0.261 e. The Kier molecular flexibility index (Phi) is 6.49. The number of carbonyl (C=O) groups excluding carboxylic acids is 1. The lowest BCUT2D eigenvalue weighted by atomic mass is 9.96. The zero-order chi connectivity index (χ0) is 18.6. The van der Waals surface area contributed by atoms with Gasteiger partial charge in [0.15, 0.2) is 6.10 Å². The van der Waals surface area contributed by atoms with Gasteiger partial charge in [-0.05, 0) is 74.6 Å². The van der Waals surface area contributed by atoms with Crippen molar-refractivity contribution in [2.24, 2.45) is 0 Å². The van der Waals surface area contributed by atoms with E-state index in [0.29, 0.717) is 17.2 Å². The Morgan fingerprint density at radius 2 is 1.80 bits per heavy atom. The molecule has 134 valence electrons. The van der Waals surface area contributed by atoms with E-state index in [0.717, 1.165) is 5.56 Å². The van der Waals surface area contributed by atoms with Gasteiger partial charge in [0.1, 0.15) is 5.75 Å². The van der Waals surface area contributed by atoms with Crippen molar-refractivity contribution in [1.29, 1.82) is 0 Å². The molecule has 0 saturated carbocycles. The molecular formula is C21H26ClNO2. The molecule has 0 bridgehead atoms. The fraction of sp³-hybridized carbons (Fsp3) is 0.381. The van der Waals surface area contributed by atoms with Gasteiger partial charge in [-0.3, -0.25) is 4.79 Å². The summed E-state index contributed by atoms with van der Waals surface area (Å²) < 4.78 is 5.82. The van der Waals surface area contributed by atoms with Gasteiger partial charge in [-0.25, -0.2) is 0 Å². The first-order chi connectivity index (χ1) is 11.8. The van der Waals surface area contributed by atoms with Gasteiger partial charge in [0.25, 0.3) is 5.91 Å². The summed E-state index contributed by atoms with van der Waals surface area (Å²) in [7, 11) is 0. The summed E-state index contributed by atoms with van der Waals surface area (Å²) in [5.41, 5.74) is 4.80. The highest BCUT2D eigenvalue weighted by Crippen LogP contribution is 2.23. The minimum absolute atomic E-state index is 0.0798. The second-order valence-corrected chi connectivity index (χ2v) is 6.93. The van der Waals surface area contributed by atoms with E-state index in [-0.39, 0.29) is 11.9 Å². The quantitative estimate of drug-likeness (QED) is 0.760. The van der Waals surface area contributed by atoms with Crippen molar-refractivity contribution in [3.8, 4) is 5.75 Å². The van der Waals surface area contributed by atoms with Crippen molar-refractivity contribution in [3.05, 3.63) is 63.7 Å². The number of amides is 1. The lowest BCUT2D eigenvalue weighted by molar-refractivity contribution is -0.128. The number of hydrogen-bond donors (Lipinski definition) is 1. The van der Waals surface area contributed by atoms with Crippen LogP contribution in [0.1, 0.15) is 48.6 Å². The molecule has 1 amide bonds. The third-order valence-corrected chi connectivity index (χ3v) is 4.68. The molecule has 0 unspecified atom stereocenters. The molecule has 0 heterocycles. The predicted octanol–water partition coefficient (Wildman–Crippen LogP) is 5.30.